The fourth-order valence-electron chi connectivity index (χ4n) is 2.29. The number of piperidine rings is 1. The molecule has 3 nitrogen and oxygen atoms in total. The first kappa shape index (κ1) is 12.5. The molecule has 0 aromatic carbocycles. The maximum Gasteiger partial charge on any atom is 0.0657 e. The van der Waals surface area contributed by atoms with Gasteiger partial charge in [-0.15, -0.1) is 0 Å². The molecule has 1 rings (SSSR count). The molecule has 1 atom stereocenters. The first-order chi connectivity index (χ1) is 6.95. The van der Waals surface area contributed by atoms with Crippen LogP contribution in [0.1, 0.15) is 26.7 Å². The van der Waals surface area contributed by atoms with E-state index in [4.69, 9.17) is 5.26 Å². The van der Waals surface area contributed by atoms with Crippen LogP contribution in [0.5, 0.6) is 0 Å². The molecule has 1 fully saturated rings. The number of nitriles is 1. The molecule has 3 heteroatoms. The molecule has 0 radical (unpaired) electrons. The quantitative estimate of drug-likeness (QED) is 0.706. The van der Waals surface area contributed by atoms with Crippen LogP contribution < -0.4 is 0 Å². The largest absolute Gasteiger partial charge is 0.308 e. The molecular weight excluding hydrogens is 186 g/mol. The third kappa shape index (κ3) is 3.48. The SMILES string of the molecule is CN(C)CCN1CCC(C#N)CC1(C)C. The fourth-order valence-corrected chi connectivity index (χ4v) is 2.29. The van der Waals surface area contributed by atoms with Crippen molar-refractivity contribution >= 4 is 0 Å². The Morgan fingerprint density at radius 3 is 2.60 bits per heavy atom. The molecule has 15 heavy (non-hydrogen) atoms. The summed E-state index contributed by atoms with van der Waals surface area (Å²) in [5.74, 6) is 0.260. The van der Waals surface area contributed by atoms with Gasteiger partial charge in [0.1, 0.15) is 0 Å². The maximum absolute atomic E-state index is 8.95. The highest BCUT2D eigenvalue weighted by molar-refractivity contribution is 4.97. The zero-order valence-electron chi connectivity index (χ0n) is 10.5. The lowest BCUT2D eigenvalue weighted by Gasteiger charge is -2.44. The van der Waals surface area contributed by atoms with Gasteiger partial charge in [0.05, 0.1) is 6.07 Å². The average Bonchev–Trinajstić information content (AvgIpc) is 2.14. The van der Waals surface area contributed by atoms with Crippen molar-refractivity contribution in [2.24, 2.45) is 5.92 Å². The summed E-state index contributed by atoms with van der Waals surface area (Å²) in [7, 11) is 4.21. The Morgan fingerprint density at radius 1 is 1.47 bits per heavy atom. The lowest BCUT2D eigenvalue weighted by Crippen LogP contribution is -2.51. The number of rotatable bonds is 3. The van der Waals surface area contributed by atoms with Gasteiger partial charge in [0.15, 0.2) is 0 Å². The molecule has 0 spiro atoms. The summed E-state index contributed by atoms with van der Waals surface area (Å²) in [5, 5.41) is 8.95. The van der Waals surface area contributed by atoms with Crippen LogP contribution in [0, 0.1) is 17.2 Å². The summed E-state index contributed by atoms with van der Waals surface area (Å²) < 4.78 is 0. The van der Waals surface area contributed by atoms with E-state index in [1.807, 2.05) is 0 Å². The minimum absolute atomic E-state index is 0.189. The monoisotopic (exact) mass is 209 g/mol. The lowest BCUT2D eigenvalue weighted by molar-refractivity contribution is 0.0545. The first-order valence-electron chi connectivity index (χ1n) is 5.75. The summed E-state index contributed by atoms with van der Waals surface area (Å²) >= 11 is 0. The molecule has 1 saturated heterocycles. The Labute approximate surface area is 93.7 Å². The summed E-state index contributed by atoms with van der Waals surface area (Å²) in [4.78, 5) is 4.73. The van der Waals surface area contributed by atoms with Gasteiger partial charge < -0.3 is 4.90 Å². The molecular formula is C12H23N3. The number of hydrogen-bond donors (Lipinski definition) is 0. The second-order valence-corrected chi connectivity index (χ2v) is 5.42. The number of nitrogens with zero attached hydrogens (tertiary/aromatic N) is 3. The van der Waals surface area contributed by atoms with E-state index in [0.29, 0.717) is 0 Å². The van der Waals surface area contributed by atoms with Crippen LogP contribution in [0.25, 0.3) is 0 Å². The Bertz CT molecular complexity index is 240. The van der Waals surface area contributed by atoms with E-state index in [1.165, 1.54) is 0 Å². The zero-order valence-corrected chi connectivity index (χ0v) is 10.5. The van der Waals surface area contributed by atoms with E-state index in [2.05, 4.69) is 43.8 Å². The molecule has 0 saturated carbocycles. The Balaban J connectivity index is 2.49. The average molecular weight is 209 g/mol. The number of likely N-dealkylation sites (N-methyl/N-ethyl adjacent to an activating group) is 1. The van der Waals surface area contributed by atoms with Crippen molar-refractivity contribution in [3.63, 3.8) is 0 Å². The highest BCUT2D eigenvalue weighted by Gasteiger charge is 2.34. The Kier molecular flexibility index (Phi) is 4.12. The van der Waals surface area contributed by atoms with E-state index < -0.39 is 0 Å². The number of hydrogen-bond acceptors (Lipinski definition) is 3. The van der Waals surface area contributed by atoms with E-state index in [9.17, 15) is 0 Å². The minimum Gasteiger partial charge on any atom is -0.308 e. The van der Waals surface area contributed by atoms with Crippen LogP contribution in [0.3, 0.4) is 0 Å². The molecule has 1 unspecified atom stereocenters. The van der Waals surface area contributed by atoms with Gasteiger partial charge in [-0.2, -0.15) is 5.26 Å². The maximum atomic E-state index is 8.95. The third-order valence-electron chi connectivity index (χ3n) is 3.35. The van der Waals surface area contributed by atoms with E-state index in [0.717, 1.165) is 32.5 Å². The molecule has 0 aromatic rings. The van der Waals surface area contributed by atoms with Gasteiger partial charge in [-0.3, -0.25) is 4.90 Å². The van der Waals surface area contributed by atoms with E-state index in [-0.39, 0.29) is 11.5 Å². The molecule has 0 N–H and O–H groups in total. The summed E-state index contributed by atoms with van der Waals surface area (Å²) in [6.07, 6.45) is 2.05. The highest BCUT2D eigenvalue weighted by atomic mass is 15.2. The molecule has 0 amide bonds. The number of likely N-dealkylation sites (tertiary alicyclic amines) is 1. The van der Waals surface area contributed by atoms with Crippen LogP contribution in [0.4, 0.5) is 0 Å². The molecule has 1 heterocycles. The summed E-state index contributed by atoms with van der Waals surface area (Å²) in [5.41, 5.74) is 0.189. The van der Waals surface area contributed by atoms with Crippen molar-refractivity contribution in [3.05, 3.63) is 0 Å². The van der Waals surface area contributed by atoms with Crippen LogP contribution in [0.2, 0.25) is 0 Å². The predicted molar refractivity (Wildman–Crippen MR) is 62.5 cm³/mol. The van der Waals surface area contributed by atoms with Gasteiger partial charge in [-0.1, -0.05) is 0 Å². The van der Waals surface area contributed by atoms with Crippen LogP contribution in [0.15, 0.2) is 0 Å². The standard InChI is InChI=1S/C12H23N3/c1-12(2)9-11(10-13)5-6-15(12)8-7-14(3)4/h11H,5-9H2,1-4H3. The van der Waals surface area contributed by atoms with E-state index in [1.54, 1.807) is 0 Å². The zero-order chi connectivity index (χ0) is 11.5. The fraction of sp³-hybridized carbons (Fsp3) is 0.917. The second-order valence-electron chi connectivity index (χ2n) is 5.42. The second kappa shape index (κ2) is 4.96. The molecule has 86 valence electrons. The van der Waals surface area contributed by atoms with Crippen molar-refractivity contribution in [2.75, 3.05) is 33.7 Å². The molecule has 0 aliphatic carbocycles. The highest BCUT2D eigenvalue weighted by Crippen LogP contribution is 2.30. The van der Waals surface area contributed by atoms with Crippen molar-refractivity contribution in [1.29, 1.82) is 5.26 Å². The van der Waals surface area contributed by atoms with Gasteiger partial charge in [-0.05, 0) is 47.3 Å². The van der Waals surface area contributed by atoms with Gasteiger partial charge in [0, 0.05) is 24.5 Å². The lowest BCUT2D eigenvalue weighted by atomic mass is 9.83. The van der Waals surface area contributed by atoms with Crippen molar-refractivity contribution in [1.82, 2.24) is 9.80 Å². The summed E-state index contributed by atoms with van der Waals surface area (Å²) in [6.45, 7) is 7.79. The summed E-state index contributed by atoms with van der Waals surface area (Å²) in [6, 6.07) is 2.41. The first-order valence-corrected chi connectivity index (χ1v) is 5.75. The smallest absolute Gasteiger partial charge is 0.0657 e. The van der Waals surface area contributed by atoms with Crippen LogP contribution in [-0.2, 0) is 0 Å². The van der Waals surface area contributed by atoms with Crippen LogP contribution >= 0.6 is 0 Å². The van der Waals surface area contributed by atoms with Gasteiger partial charge in [0.2, 0.25) is 0 Å². The molecule has 1 aliphatic heterocycles. The topological polar surface area (TPSA) is 30.3 Å². The van der Waals surface area contributed by atoms with Crippen molar-refractivity contribution in [2.45, 2.75) is 32.2 Å². The third-order valence-corrected chi connectivity index (χ3v) is 3.35. The Hall–Kier alpha value is -0.590. The Morgan fingerprint density at radius 2 is 2.13 bits per heavy atom. The van der Waals surface area contributed by atoms with Gasteiger partial charge in [-0.25, -0.2) is 0 Å². The minimum atomic E-state index is 0.189. The predicted octanol–water partition coefficient (Wildman–Crippen LogP) is 1.56. The molecule has 0 bridgehead atoms. The van der Waals surface area contributed by atoms with Crippen molar-refractivity contribution < 1.29 is 0 Å². The van der Waals surface area contributed by atoms with Crippen LogP contribution in [-0.4, -0.2) is 49.1 Å². The van der Waals surface area contributed by atoms with Gasteiger partial charge in [0.25, 0.3) is 0 Å². The molecule has 0 aromatic heterocycles. The van der Waals surface area contributed by atoms with Gasteiger partial charge >= 0.3 is 0 Å². The van der Waals surface area contributed by atoms with Crippen molar-refractivity contribution in [3.8, 4) is 6.07 Å². The molecule has 1 aliphatic rings. The normalized spacial score (nSPS) is 26.5. The van der Waals surface area contributed by atoms with E-state index >= 15 is 0 Å².